The Balaban J connectivity index is 0. The summed E-state index contributed by atoms with van der Waals surface area (Å²) in [4.78, 5) is 4.53. The van der Waals surface area contributed by atoms with Crippen LogP contribution in [0.2, 0.25) is 0 Å². The Kier molecular flexibility index (Phi) is 14.0. The monoisotopic (exact) mass is 274 g/mol. The second-order valence-corrected chi connectivity index (χ2v) is 3.83. The minimum absolute atomic E-state index is 0. The number of likely N-dealkylation sites (N-methyl/N-ethyl adjacent to an activating group) is 2. The van der Waals surface area contributed by atoms with Gasteiger partial charge in [0.05, 0.1) is 26.4 Å². The first-order chi connectivity index (χ1) is 6.79. The van der Waals surface area contributed by atoms with Gasteiger partial charge < -0.3 is 19.3 Å². The van der Waals surface area contributed by atoms with Crippen LogP contribution in [0, 0.1) is 0 Å². The van der Waals surface area contributed by atoms with Crippen LogP contribution in [0.5, 0.6) is 0 Å². The minimum atomic E-state index is 0. The maximum Gasteiger partial charge on any atom is 0.0594 e. The topological polar surface area (TPSA) is 24.9 Å². The van der Waals surface area contributed by atoms with Gasteiger partial charge in [-0.3, -0.25) is 0 Å². The molecule has 0 atom stereocenters. The summed E-state index contributed by atoms with van der Waals surface area (Å²) in [5.74, 6) is 0. The zero-order chi connectivity index (χ0) is 10.2. The molecule has 0 N–H and O–H groups in total. The van der Waals surface area contributed by atoms with Gasteiger partial charge in [-0.15, -0.1) is 24.8 Å². The molecular weight excluding hydrogens is 251 g/mol. The van der Waals surface area contributed by atoms with Crippen molar-refractivity contribution in [2.24, 2.45) is 0 Å². The van der Waals surface area contributed by atoms with Crippen molar-refractivity contribution < 1.29 is 9.47 Å². The summed E-state index contributed by atoms with van der Waals surface area (Å²) in [5.41, 5.74) is 0. The summed E-state index contributed by atoms with van der Waals surface area (Å²) in [7, 11) is 4.23. The van der Waals surface area contributed by atoms with Gasteiger partial charge >= 0.3 is 0 Å². The molecule has 0 unspecified atom stereocenters. The summed E-state index contributed by atoms with van der Waals surface area (Å²) in [6.07, 6.45) is 0. The molecule has 0 aromatic heterocycles. The van der Waals surface area contributed by atoms with Gasteiger partial charge in [0.1, 0.15) is 0 Å². The third kappa shape index (κ3) is 9.63. The second kappa shape index (κ2) is 11.9. The van der Waals surface area contributed by atoms with E-state index >= 15 is 0 Å². The molecule has 0 bridgehead atoms. The van der Waals surface area contributed by atoms with Gasteiger partial charge in [0.15, 0.2) is 0 Å². The molecule has 0 amide bonds. The van der Waals surface area contributed by atoms with E-state index in [1.807, 2.05) is 0 Å². The van der Waals surface area contributed by atoms with Crippen LogP contribution >= 0.6 is 24.8 Å². The standard InChI is InChI=1S/2C5H11NO.2ClH/c2*1-6-2-4-7-5-3-6;;/h2*2-5H2,1H3;2*1H. The molecule has 100 valence electrons. The average molecular weight is 275 g/mol. The molecule has 2 aliphatic rings. The highest BCUT2D eigenvalue weighted by atomic mass is 35.5. The lowest BCUT2D eigenvalue weighted by Gasteiger charge is -2.21. The Morgan fingerprint density at radius 3 is 1.00 bits per heavy atom. The summed E-state index contributed by atoms with van der Waals surface area (Å²) in [5, 5.41) is 0. The summed E-state index contributed by atoms with van der Waals surface area (Å²) >= 11 is 0. The van der Waals surface area contributed by atoms with Crippen molar-refractivity contribution in [1.29, 1.82) is 0 Å². The maximum absolute atomic E-state index is 5.10. The van der Waals surface area contributed by atoms with Crippen LogP contribution in [-0.2, 0) is 9.47 Å². The Morgan fingerprint density at radius 2 is 0.875 bits per heavy atom. The van der Waals surface area contributed by atoms with Crippen molar-refractivity contribution in [2.75, 3.05) is 66.7 Å². The third-order valence-electron chi connectivity index (χ3n) is 2.47. The molecule has 0 aliphatic carbocycles. The molecule has 16 heavy (non-hydrogen) atoms. The molecule has 2 rings (SSSR count). The minimum Gasteiger partial charge on any atom is -0.379 e. The van der Waals surface area contributed by atoms with E-state index in [0.29, 0.717) is 0 Å². The highest BCUT2D eigenvalue weighted by molar-refractivity contribution is 5.85. The summed E-state index contributed by atoms with van der Waals surface area (Å²) < 4.78 is 10.2. The molecule has 4 nitrogen and oxygen atoms in total. The summed E-state index contributed by atoms with van der Waals surface area (Å²) in [6.45, 7) is 8.04. The number of morpholine rings is 2. The fourth-order valence-corrected chi connectivity index (χ4v) is 1.31. The molecule has 0 aromatic carbocycles. The predicted molar refractivity (Wildman–Crippen MR) is 71.1 cm³/mol. The smallest absolute Gasteiger partial charge is 0.0594 e. The van der Waals surface area contributed by atoms with Gasteiger partial charge in [-0.25, -0.2) is 0 Å². The van der Waals surface area contributed by atoms with E-state index in [0.717, 1.165) is 52.6 Å². The quantitative estimate of drug-likeness (QED) is 0.651. The van der Waals surface area contributed by atoms with Gasteiger partial charge in [-0.1, -0.05) is 0 Å². The predicted octanol–water partition coefficient (Wildman–Crippen LogP) is 0.740. The number of rotatable bonds is 0. The number of hydrogen-bond acceptors (Lipinski definition) is 4. The van der Waals surface area contributed by atoms with Crippen LogP contribution in [0.25, 0.3) is 0 Å². The lowest BCUT2D eigenvalue weighted by molar-refractivity contribution is 0.0502. The first-order valence-electron chi connectivity index (χ1n) is 5.31. The van der Waals surface area contributed by atoms with E-state index < -0.39 is 0 Å². The molecule has 2 fully saturated rings. The first-order valence-corrected chi connectivity index (χ1v) is 5.31. The maximum atomic E-state index is 5.10. The molecule has 0 spiro atoms. The molecule has 6 heteroatoms. The van der Waals surface area contributed by atoms with Crippen molar-refractivity contribution in [3.8, 4) is 0 Å². The zero-order valence-corrected chi connectivity index (χ0v) is 11.8. The van der Waals surface area contributed by atoms with E-state index in [2.05, 4.69) is 23.9 Å². The van der Waals surface area contributed by atoms with E-state index in [4.69, 9.17) is 9.47 Å². The summed E-state index contributed by atoms with van der Waals surface area (Å²) in [6, 6.07) is 0. The van der Waals surface area contributed by atoms with Crippen molar-refractivity contribution >= 4 is 24.8 Å². The number of hydrogen-bond donors (Lipinski definition) is 0. The van der Waals surface area contributed by atoms with Gasteiger partial charge in [0, 0.05) is 26.2 Å². The SMILES string of the molecule is CN1CCOCC1.CN1CCOCC1.Cl.Cl. The van der Waals surface area contributed by atoms with E-state index in [9.17, 15) is 0 Å². The Bertz CT molecular complexity index is 125. The molecule has 2 aliphatic heterocycles. The van der Waals surface area contributed by atoms with E-state index in [1.165, 1.54) is 0 Å². The normalized spacial score (nSPS) is 22.1. The van der Waals surface area contributed by atoms with E-state index in [-0.39, 0.29) is 24.8 Å². The van der Waals surface area contributed by atoms with Crippen molar-refractivity contribution in [1.82, 2.24) is 9.80 Å². The lowest BCUT2D eigenvalue weighted by Crippen LogP contribution is -2.32. The molecule has 2 saturated heterocycles. The van der Waals surface area contributed by atoms with Crippen LogP contribution < -0.4 is 0 Å². The van der Waals surface area contributed by atoms with Crippen molar-refractivity contribution in [3.63, 3.8) is 0 Å². The number of nitrogens with zero attached hydrogens (tertiary/aromatic N) is 2. The van der Waals surface area contributed by atoms with Crippen LogP contribution in [0.4, 0.5) is 0 Å². The molecule has 2 heterocycles. The highest BCUT2D eigenvalue weighted by Crippen LogP contribution is 1.90. The van der Waals surface area contributed by atoms with Crippen LogP contribution in [0.15, 0.2) is 0 Å². The fourth-order valence-electron chi connectivity index (χ4n) is 1.31. The fraction of sp³-hybridized carbons (Fsp3) is 1.00. The molecule has 0 saturated carbocycles. The Hall–Kier alpha value is 0.420. The zero-order valence-electron chi connectivity index (χ0n) is 10.2. The van der Waals surface area contributed by atoms with Crippen LogP contribution in [-0.4, -0.2) is 76.5 Å². The van der Waals surface area contributed by atoms with Gasteiger partial charge in [-0.2, -0.15) is 0 Å². The second-order valence-electron chi connectivity index (χ2n) is 3.83. The molecule has 0 radical (unpaired) electrons. The average Bonchev–Trinajstić information content (AvgIpc) is 2.21. The molecule has 0 aromatic rings. The van der Waals surface area contributed by atoms with E-state index in [1.54, 1.807) is 0 Å². The van der Waals surface area contributed by atoms with Gasteiger partial charge in [0.2, 0.25) is 0 Å². The largest absolute Gasteiger partial charge is 0.379 e. The highest BCUT2D eigenvalue weighted by Gasteiger charge is 2.02. The van der Waals surface area contributed by atoms with Crippen molar-refractivity contribution in [3.05, 3.63) is 0 Å². The number of halogens is 2. The van der Waals surface area contributed by atoms with Crippen LogP contribution in [0.1, 0.15) is 0 Å². The number of ether oxygens (including phenoxy) is 2. The van der Waals surface area contributed by atoms with Gasteiger partial charge in [0.25, 0.3) is 0 Å². The van der Waals surface area contributed by atoms with Crippen molar-refractivity contribution in [2.45, 2.75) is 0 Å². The third-order valence-corrected chi connectivity index (χ3v) is 2.47. The molecular formula is C10H24Cl2N2O2. The Labute approximate surface area is 111 Å². The first kappa shape index (κ1) is 18.8. The Morgan fingerprint density at radius 1 is 0.625 bits per heavy atom. The lowest BCUT2D eigenvalue weighted by atomic mass is 10.5. The van der Waals surface area contributed by atoms with Gasteiger partial charge in [-0.05, 0) is 14.1 Å². The van der Waals surface area contributed by atoms with Crippen LogP contribution in [0.3, 0.4) is 0 Å².